The first kappa shape index (κ1) is 14.1. The summed E-state index contributed by atoms with van der Waals surface area (Å²) in [6, 6.07) is 7.79. The standard InChI is InChI=1S/C16H22N4O/c1-2-8-16(9-5-10-17-11-16)14(21)20-15-18-12-6-3-4-7-13(12)19-15/h3-4,6-7,17H,2,5,8-11H2,1H3,(H2,18,19,20,21). The second kappa shape index (κ2) is 5.85. The molecule has 1 unspecified atom stereocenters. The number of aromatic amines is 1. The Kier molecular flexibility index (Phi) is 3.92. The Morgan fingerprint density at radius 2 is 2.29 bits per heavy atom. The van der Waals surface area contributed by atoms with Gasteiger partial charge in [0, 0.05) is 6.54 Å². The molecule has 2 heterocycles. The Labute approximate surface area is 124 Å². The monoisotopic (exact) mass is 286 g/mol. The van der Waals surface area contributed by atoms with Crippen LogP contribution in [0.4, 0.5) is 5.95 Å². The topological polar surface area (TPSA) is 69.8 Å². The number of fused-ring (bicyclic) bond motifs is 1. The van der Waals surface area contributed by atoms with Crippen molar-refractivity contribution in [2.24, 2.45) is 5.41 Å². The van der Waals surface area contributed by atoms with Crippen molar-refractivity contribution in [1.82, 2.24) is 15.3 Å². The van der Waals surface area contributed by atoms with Gasteiger partial charge in [-0.1, -0.05) is 25.5 Å². The van der Waals surface area contributed by atoms with Gasteiger partial charge in [-0.25, -0.2) is 4.98 Å². The van der Waals surface area contributed by atoms with Gasteiger partial charge < -0.3 is 10.3 Å². The Bertz CT molecular complexity index is 589. The first-order valence-corrected chi connectivity index (χ1v) is 7.70. The third kappa shape index (κ3) is 2.78. The van der Waals surface area contributed by atoms with Gasteiger partial charge in [-0.2, -0.15) is 0 Å². The molecule has 0 saturated carbocycles. The van der Waals surface area contributed by atoms with E-state index in [1.54, 1.807) is 0 Å². The summed E-state index contributed by atoms with van der Waals surface area (Å²) in [7, 11) is 0. The molecule has 0 bridgehead atoms. The average Bonchev–Trinajstić information content (AvgIpc) is 2.90. The van der Waals surface area contributed by atoms with E-state index in [0.717, 1.165) is 49.8 Å². The number of amides is 1. The van der Waals surface area contributed by atoms with E-state index in [2.05, 4.69) is 27.5 Å². The van der Waals surface area contributed by atoms with Gasteiger partial charge in [-0.15, -0.1) is 0 Å². The van der Waals surface area contributed by atoms with Crippen LogP contribution in [0.1, 0.15) is 32.6 Å². The average molecular weight is 286 g/mol. The minimum absolute atomic E-state index is 0.0793. The van der Waals surface area contributed by atoms with Crippen LogP contribution in [0.25, 0.3) is 11.0 Å². The summed E-state index contributed by atoms with van der Waals surface area (Å²) in [5, 5.41) is 6.34. The lowest BCUT2D eigenvalue weighted by atomic mass is 9.76. The molecular formula is C16H22N4O. The number of imidazole rings is 1. The molecule has 112 valence electrons. The third-order valence-electron chi connectivity index (χ3n) is 4.30. The van der Waals surface area contributed by atoms with E-state index in [0.29, 0.717) is 5.95 Å². The van der Waals surface area contributed by atoms with E-state index in [4.69, 9.17) is 0 Å². The van der Waals surface area contributed by atoms with Crippen molar-refractivity contribution in [3.05, 3.63) is 24.3 Å². The van der Waals surface area contributed by atoms with Crippen LogP contribution < -0.4 is 10.6 Å². The first-order valence-electron chi connectivity index (χ1n) is 7.70. The molecular weight excluding hydrogens is 264 g/mol. The van der Waals surface area contributed by atoms with E-state index >= 15 is 0 Å². The number of carbonyl (C=O) groups excluding carboxylic acids is 1. The van der Waals surface area contributed by atoms with Crippen molar-refractivity contribution in [2.45, 2.75) is 32.6 Å². The molecule has 1 saturated heterocycles. The maximum atomic E-state index is 12.7. The highest BCUT2D eigenvalue weighted by Crippen LogP contribution is 2.33. The molecule has 0 aliphatic carbocycles. The summed E-state index contributed by atoms with van der Waals surface area (Å²) in [5.41, 5.74) is 1.52. The van der Waals surface area contributed by atoms with Crippen molar-refractivity contribution < 1.29 is 4.79 Å². The van der Waals surface area contributed by atoms with Crippen LogP contribution in [-0.4, -0.2) is 29.0 Å². The molecule has 1 amide bonds. The summed E-state index contributed by atoms with van der Waals surface area (Å²) in [5.74, 6) is 0.623. The molecule has 0 spiro atoms. The molecule has 2 aromatic rings. The van der Waals surface area contributed by atoms with E-state index in [9.17, 15) is 4.79 Å². The van der Waals surface area contributed by atoms with Gasteiger partial charge in [0.2, 0.25) is 11.9 Å². The molecule has 1 aliphatic rings. The molecule has 5 heteroatoms. The smallest absolute Gasteiger partial charge is 0.234 e. The predicted octanol–water partition coefficient (Wildman–Crippen LogP) is 2.67. The van der Waals surface area contributed by atoms with Crippen LogP contribution in [0.2, 0.25) is 0 Å². The summed E-state index contributed by atoms with van der Waals surface area (Å²) in [6.45, 7) is 3.89. The van der Waals surface area contributed by atoms with Crippen molar-refractivity contribution in [2.75, 3.05) is 18.4 Å². The number of carbonyl (C=O) groups is 1. The molecule has 1 fully saturated rings. The number of hydrogen-bond acceptors (Lipinski definition) is 3. The van der Waals surface area contributed by atoms with Crippen LogP contribution in [-0.2, 0) is 4.79 Å². The quantitative estimate of drug-likeness (QED) is 0.809. The largest absolute Gasteiger partial charge is 0.324 e. The maximum absolute atomic E-state index is 12.7. The van der Waals surface area contributed by atoms with E-state index in [-0.39, 0.29) is 11.3 Å². The normalized spacial score (nSPS) is 22.3. The van der Waals surface area contributed by atoms with Gasteiger partial charge in [-0.05, 0) is 37.9 Å². The molecule has 3 rings (SSSR count). The molecule has 1 aromatic carbocycles. The van der Waals surface area contributed by atoms with Crippen molar-refractivity contribution in [1.29, 1.82) is 0 Å². The molecule has 21 heavy (non-hydrogen) atoms. The molecule has 1 aliphatic heterocycles. The summed E-state index contributed by atoms with van der Waals surface area (Å²) >= 11 is 0. The minimum atomic E-state index is -0.300. The molecule has 0 radical (unpaired) electrons. The number of hydrogen-bond donors (Lipinski definition) is 3. The number of piperidine rings is 1. The zero-order valence-electron chi connectivity index (χ0n) is 12.4. The van der Waals surface area contributed by atoms with Crippen LogP contribution in [0, 0.1) is 5.41 Å². The third-order valence-corrected chi connectivity index (χ3v) is 4.30. The van der Waals surface area contributed by atoms with E-state index in [1.165, 1.54) is 0 Å². The predicted molar refractivity (Wildman–Crippen MR) is 84.2 cm³/mol. The zero-order chi connectivity index (χ0) is 14.7. The van der Waals surface area contributed by atoms with Crippen LogP contribution in [0.15, 0.2) is 24.3 Å². The molecule has 1 aromatic heterocycles. The van der Waals surface area contributed by atoms with Crippen molar-refractivity contribution in [3.8, 4) is 0 Å². The van der Waals surface area contributed by atoms with Crippen LogP contribution in [0.3, 0.4) is 0 Å². The highest BCUT2D eigenvalue weighted by molar-refractivity contribution is 5.95. The number of anilines is 1. The highest BCUT2D eigenvalue weighted by atomic mass is 16.2. The lowest BCUT2D eigenvalue weighted by Gasteiger charge is -2.35. The second-order valence-corrected chi connectivity index (χ2v) is 5.87. The number of nitrogens with one attached hydrogen (secondary N) is 3. The van der Waals surface area contributed by atoms with Gasteiger partial charge in [0.25, 0.3) is 0 Å². The number of para-hydroxylation sites is 2. The summed E-state index contributed by atoms with van der Waals surface area (Å²) in [6.07, 6.45) is 3.91. The van der Waals surface area contributed by atoms with Crippen molar-refractivity contribution >= 4 is 22.9 Å². The Hall–Kier alpha value is -1.88. The lowest BCUT2D eigenvalue weighted by molar-refractivity contribution is -0.127. The second-order valence-electron chi connectivity index (χ2n) is 5.87. The van der Waals surface area contributed by atoms with Gasteiger partial charge in [0.15, 0.2) is 0 Å². The Balaban J connectivity index is 1.80. The number of aromatic nitrogens is 2. The minimum Gasteiger partial charge on any atom is -0.324 e. The number of nitrogens with zero attached hydrogens (tertiary/aromatic N) is 1. The summed E-state index contributed by atoms with van der Waals surface area (Å²) < 4.78 is 0. The number of benzene rings is 1. The lowest BCUT2D eigenvalue weighted by Crippen LogP contribution is -2.48. The number of H-pyrrole nitrogens is 1. The SMILES string of the molecule is CCCC1(C(=O)Nc2nc3ccccc3[nH]2)CCCNC1. The fourth-order valence-corrected chi connectivity index (χ4v) is 3.22. The van der Waals surface area contributed by atoms with Gasteiger partial charge in [0.1, 0.15) is 0 Å². The summed E-state index contributed by atoms with van der Waals surface area (Å²) in [4.78, 5) is 20.3. The Morgan fingerprint density at radius 1 is 1.43 bits per heavy atom. The number of rotatable bonds is 4. The highest BCUT2D eigenvalue weighted by Gasteiger charge is 2.38. The maximum Gasteiger partial charge on any atom is 0.234 e. The molecule has 3 N–H and O–H groups in total. The van der Waals surface area contributed by atoms with Crippen LogP contribution >= 0.6 is 0 Å². The Morgan fingerprint density at radius 3 is 3.00 bits per heavy atom. The van der Waals surface area contributed by atoms with E-state index in [1.807, 2.05) is 24.3 Å². The van der Waals surface area contributed by atoms with Crippen LogP contribution in [0.5, 0.6) is 0 Å². The zero-order valence-corrected chi connectivity index (χ0v) is 12.4. The molecule has 1 atom stereocenters. The van der Waals surface area contributed by atoms with Crippen molar-refractivity contribution in [3.63, 3.8) is 0 Å². The van der Waals surface area contributed by atoms with Gasteiger partial charge in [-0.3, -0.25) is 10.1 Å². The van der Waals surface area contributed by atoms with E-state index < -0.39 is 0 Å². The first-order chi connectivity index (χ1) is 10.2. The van der Waals surface area contributed by atoms with Gasteiger partial charge >= 0.3 is 0 Å². The molecule has 5 nitrogen and oxygen atoms in total. The van der Waals surface area contributed by atoms with Gasteiger partial charge in [0.05, 0.1) is 16.4 Å². The fraction of sp³-hybridized carbons (Fsp3) is 0.500. The fourth-order valence-electron chi connectivity index (χ4n) is 3.22.